The molecule has 1 fully saturated rings. The van der Waals surface area contributed by atoms with Crippen molar-refractivity contribution in [3.63, 3.8) is 0 Å². The van der Waals surface area contributed by atoms with Crippen LogP contribution in [0.25, 0.3) is 5.52 Å². The molecule has 3 heterocycles. The van der Waals surface area contributed by atoms with E-state index >= 15 is 0 Å². The fraction of sp³-hybridized carbons (Fsp3) is 0.522. The van der Waals surface area contributed by atoms with Crippen molar-refractivity contribution in [1.82, 2.24) is 24.5 Å². The monoisotopic (exact) mass is 461 g/mol. The van der Waals surface area contributed by atoms with Gasteiger partial charge in [0.15, 0.2) is 5.52 Å². The number of fused-ring (bicyclic) bond motifs is 1. The van der Waals surface area contributed by atoms with Gasteiger partial charge in [-0.15, -0.1) is 0 Å². The topological polar surface area (TPSA) is 75.5 Å². The fourth-order valence-electron chi connectivity index (χ4n) is 4.60. The first-order chi connectivity index (χ1) is 15.4. The maximum atomic E-state index is 13.4. The SMILES string of the molecule is CCC(CCOC)c1ncc2c(=O)[nH]c(C3CN(Cc4ccc(F)cc4Cl)CC3C)nn12. The van der Waals surface area contributed by atoms with Crippen molar-refractivity contribution in [1.29, 1.82) is 0 Å². The maximum Gasteiger partial charge on any atom is 0.276 e. The summed E-state index contributed by atoms with van der Waals surface area (Å²) in [5, 5.41) is 5.26. The molecule has 1 aliphatic heterocycles. The first-order valence-electron chi connectivity index (χ1n) is 11.0. The number of halogens is 2. The number of imidazole rings is 1. The molecule has 1 aromatic carbocycles. The van der Waals surface area contributed by atoms with Gasteiger partial charge in [0, 0.05) is 50.2 Å². The third-order valence-corrected chi connectivity index (χ3v) is 6.77. The van der Waals surface area contributed by atoms with Crippen LogP contribution in [0.5, 0.6) is 0 Å². The van der Waals surface area contributed by atoms with E-state index in [1.807, 2.05) is 0 Å². The number of rotatable bonds is 8. The Balaban J connectivity index is 1.60. The Bertz CT molecular complexity index is 1150. The Hall–Kier alpha value is -2.29. The molecule has 4 rings (SSSR count). The Morgan fingerprint density at radius 2 is 2.19 bits per heavy atom. The number of aromatic amines is 1. The number of methoxy groups -OCH3 is 1. The number of H-pyrrole nitrogens is 1. The summed E-state index contributed by atoms with van der Waals surface area (Å²) < 4.78 is 20.3. The molecule has 3 unspecified atom stereocenters. The second kappa shape index (κ2) is 9.68. The minimum Gasteiger partial charge on any atom is -0.385 e. The van der Waals surface area contributed by atoms with Crippen LogP contribution < -0.4 is 5.56 Å². The van der Waals surface area contributed by atoms with Crippen LogP contribution in [0.4, 0.5) is 4.39 Å². The van der Waals surface area contributed by atoms with Crippen molar-refractivity contribution in [2.75, 3.05) is 26.8 Å². The van der Waals surface area contributed by atoms with E-state index in [0.717, 1.165) is 37.3 Å². The molecule has 2 aromatic heterocycles. The molecule has 1 aliphatic rings. The van der Waals surface area contributed by atoms with E-state index in [9.17, 15) is 9.18 Å². The number of aromatic nitrogens is 4. The lowest BCUT2D eigenvalue weighted by molar-refractivity contribution is 0.185. The van der Waals surface area contributed by atoms with Gasteiger partial charge in [-0.05, 0) is 36.5 Å². The molecule has 1 N–H and O–H groups in total. The number of likely N-dealkylation sites (tertiary alicyclic amines) is 1. The number of hydrogen-bond donors (Lipinski definition) is 1. The Kier molecular flexibility index (Phi) is 6.93. The second-order valence-corrected chi connectivity index (χ2v) is 9.06. The van der Waals surface area contributed by atoms with Gasteiger partial charge in [-0.3, -0.25) is 9.69 Å². The molecule has 172 valence electrons. The third-order valence-electron chi connectivity index (χ3n) is 6.42. The van der Waals surface area contributed by atoms with Crippen molar-refractivity contribution in [3.8, 4) is 0 Å². The van der Waals surface area contributed by atoms with Crippen molar-refractivity contribution < 1.29 is 9.13 Å². The smallest absolute Gasteiger partial charge is 0.276 e. The first kappa shape index (κ1) is 22.9. The quantitative estimate of drug-likeness (QED) is 0.549. The normalized spacial score (nSPS) is 20.3. The predicted octanol–water partition coefficient (Wildman–Crippen LogP) is 3.98. The van der Waals surface area contributed by atoms with Gasteiger partial charge in [0.05, 0.1) is 6.20 Å². The van der Waals surface area contributed by atoms with Crippen molar-refractivity contribution in [2.24, 2.45) is 5.92 Å². The highest BCUT2D eigenvalue weighted by atomic mass is 35.5. The van der Waals surface area contributed by atoms with E-state index in [1.54, 1.807) is 23.9 Å². The minimum atomic E-state index is -0.339. The molecule has 0 amide bonds. The van der Waals surface area contributed by atoms with Gasteiger partial charge >= 0.3 is 0 Å². The van der Waals surface area contributed by atoms with Gasteiger partial charge < -0.3 is 9.72 Å². The number of benzene rings is 1. The molecule has 32 heavy (non-hydrogen) atoms. The van der Waals surface area contributed by atoms with Crippen LogP contribution in [-0.2, 0) is 11.3 Å². The molecular weight excluding hydrogens is 433 g/mol. The molecule has 0 bridgehead atoms. The molecule has 7 nitrogen and oxygen atoms in total. The zero-order valence-corrected chi connectivity index (χ0v) is 19.4. The van der Waals surface area contributed by atoms with Gasteiger partial charge in [0.2, 0.25) is 0 Å². The Labute approximate surface area is 191 Å². The van der Waals surface area contributed by atoms with Crippen LogP contribution in [0.3, 0.4) is 0 Å². The Morgan fingerprint density at radius 3 is 2.91 bits per heavy atom. The summed E-state index contributed by atoms with van der Waals surface area (Å²) in [7, 11) is 1.68. The van der Waals surface area contributed by atoms with E-state index in [1.165, 1.54) is 12.1 Å². The number of ether oxygens (including phenoxy) is 1. The fourth-order valence-corrected chi connectivity index (χ4v) is 4.82. The number of nitrogens with one attached hydrogen (secondary N) is 1. The summed E-state index contributed by atoms with van der Waals surface area (Å²) in [6.45, 7) is 7.08. The first-order valence-corrected chi connectivity index (χ1v) is 11.4. The standard InChI is InChI=1S/C23H29ClFN5O2/c1-4-15(7-8-32-3)22-26-10-20-23(31)27-21(28-30(20)22)18-13-29(11-14(18)2)12-16-5-6-17(25)9-19(16)24/h5-6,9-10,14-15,18H,4,7-8,11-13H2,1-3H3,(H,27,28,31). The van der Waals surface area contributed by atoms with Gasteiger partial charge in [-0.2, -0.15) is 5.10 Å². The van der Waals surface area contributed by atoms with Gasteiger partial charge in [-0.1, -0.05) is 31.5 Å². The van der Waals surface area contributed by atoms with Crippen molar-refractivity contribution >= 4 is 17.1 Å². The summed E-state index contributed by atoms with van der Waals surface area (Å²) in [6.07, 6.45) is 3.31. The molecule has 0 saturated carbocycles. The molecule has 9 heteroatoms. The summed E-state index contributed by atoms with van der Waals surface area (Å²) in [4.78, 5) is 22.6. The maximum absolute atomic E-state index is 13.4. The highest BCUT2D eigenvalue weighted by Crippen LogP contribution is 2.32. The molecular formula is C23H29ClFN5O2. The average Bonchev–Trinajstić information content (AvgIpc) is 3.34. The summed E-state index contributed by atoms with van der Waals surface area (Å²) >= 11 is 6.22. The predicted molar refractivity (Wildman–Crippen MR) is 122 cm³/mol. The second-order valence-electron chi connectivity index (χ2n) is 8.65. The van der Waals surface area contributed by atoms with E-state index in [0.29, 0.717) is 29.5 Å². The van der Waals surface area contributed by atoms with Crippen molar-refractivity contribution in [2.45, 2.75) is 45.1 Å². The lowest BCUT2D eigenvalue weighted by atomic mass is 9.97. The summed E-state index contributed by atoms with van der Waals surface area (Å²) in [5.74, 6) is 1.65. The van der Waals surface area contributed by atoms with Crippen LogP contribution in [0, 0.1) is 11.7 Å². The van der Waals surface area contributed by atoms with Crippen molar-refractivity contribution in [3.05, 3.63) is 62.8 Å². The average molecular weight is 462 g/mol. The van der Waals surface area contributed by atoms with Crippen LogP contribution in [-0.4, -0.2) is 51.3 Å². The zero-order chi connectivity index (χ0) is 22.8. The summed E-state index contributed by atoms with van der Waals surface area (Å²) in [5.41, 5.74) is 1.17. The number of nitrogens with zero attached hydrogens (tertiary/aromatic N) is 4. The van der Waals surface area contributed by atoms with Gasteiger partial charge in [0.25, 0.3) is 5.56 Å². The number of hydrogen-bond acceptors (Lipinski definition) is 5. The third kappa shape index (κ3) is 4.58. The van der Waals surface area contributed by atoms with Crippen LogP contribution in [0.2, 0.25) is 5.02 Å². The molecule has 0 aliphatic carbocycles. The van der Waals surface area contributed by atoms with Crippen LogP contribution in [0.1, 0.15) is 55.7 Å². The highest BCUT2D eigenvalue weighted by molar-refractivity contribution is 6.31. The lowest BCUT2D eigenvalue weighted by Gasteiger charge is -2.17. The van der Waals surface area contributed by atoms with E-state index in [2.05, 4.69) is 28.7 Å². The molecule has 3 aromatic rings. The minimum absolute atomic E-state index is 0.0700. The summed E-state index contributed by atoms with van der Waals surface area (Å²) in [6, 6.07) is 4.50. The molecule has 1 saturated heterocycles. The van der Waals surface area contributed by atoms with Gasteiger partial charge in [-0.25, -0.2) is 13.9 Å². The van der Waals surface area contributed by atoms with E-state index in [-0.39, 0.29) is 29.1 Å². The van der Waals surface area contributed by atoms with Crippen LogP contribution >= 0.6 is 11.6 Å². The molecule has 0 radical (unpaired) electrons. The largest absolute Gasteiger partial charge is 0.385 e. The Morgan fingerprint density at radius 1 is 1.38 bits per heavy atom. The highest BCUT2D eigenvalue weighted by Gasteiger charge is 2.33. The lowest BCUT2D eigenvalue weighted by Crippen LogP contribution is -2.23. The van der Waals surface area contributed by atoms with Crippen LogP contribution in [0.15, 0.2) is 29.2 Å². The van der Waals surface area contributed by atoms with Gasteiger partial charge in [0.1, 0.15) is 17.5 Å². The van der Waals surface area contributed by atoms with E-state index in [4.69, 9.17) is 21.4 Å². The zero-order valence-electron chi connectivity index (χ0n) is 18.6. The van der Waals surface area contributed by atoms with E-state index < -0.39 is 0 Å². The molecule has 3 atom stereocenters. The molecule has 0 spiro atoms.